The lowest BCUT2D eigenvalue weighted by molar-refractivity contribution is -0.139. The quantitative estimate of drug-likeness (QED) is 0.423. The Kier molecular flexibility index (Phi) is 4.74. The van der Waals surface area contributed by atoms with E-state index in [0.29, 0.717) is 5.56 Å². The molecule has 0 bridgehead atoms. The maximum absolute atomic E-state index is 11.8. The van der Waals surface area contributed by atoms with Crippen LogP contribution in [-0.4, -0.2) is 56.4 Å². The average molecular weight is 464 g/mol. The Labute approximate surface area is 203 Å². The maximum Gasteiger partial charge on any atom is 0.245 e. The van der Waals surface area contributed by atoms with Crippen molar-refractivity contribution in [2.45, 2.75) is 13.5 Å². The lowest BCUT2D eigenvalue weighted by atomic mass is 9.72. The Bertz CT molecular complexity index is 1490. The normalized spacial score (nSPS) is 16.1. The number of nitrogens with zero attached hydrogens (tertiary/aromatic N) is 7. The standard InChI is InChI=1S/C27H25N7O/c1-3-25(35)32-17-27(18-32)15-31(16-27)23-7-5-19(6-8-23)24-9-20(22-12-29-33(4-2)13-22)14-34-26(24)21(10-28)11-30-34/h3,5-9,11-14H,1,4,15-18H2,2H3. The van der Waals surface area contributed by atoms with Gasteiger partial charge in [0.25, 0.3) is 0 Å². The number of amides is 1. The van der Waals surface area contributed by atoms with Crippen LogP contribution >= 0.6 is 0 Å². The lowest BCUT2D eigenvalue weighted by Gasteiger charge is -2.60. The number of carbonyl (C=O) groups excluding carboxylic acids is 1. The number of nitriles is 1. The van der Waals surface area contributed by atoms with E-state index in [2.05, 4.69) is 65.0 Å². The minimum absolute atomic E-state index is 0.0191. The zero-order valence-corrected chi connectivity index (χ0v) is 19.6. The van der Waals surface area contributed by atoms with Crippen molar-refractivity contribution in [3.63, 3.8) is 0 Å². The highest BCUT2D eigenvalue weighted by Gasteiger charge is 2.52. The van der Waals surface area contributed by atoms with Crippen molar-refractivity contribution in [2.24, 2.45) is 5.41 Å². The van der Waals surface area contributed by atoms with Crippen LogP contribution in [0.4, 0.5) is 5.69 Å². The van der Waals surface area contributed by atoms with Crippen molar-refractivity contribution in [3.8, 4) is 28.3 Å². The molecule has 0 radical (unpaired) electrons. The fourth-order valence-electron chi connectivity index (χ4n) is 5.31. The Morgan fingerprint density at radius 1 is 1.09 bits per heavy atom. The largest absolute Gasteiger partial charge is 0.370 e. The molecular formula is C27H25N7O. The predicted octanol–water partition coefficient (Wildman–Crippen LogP) is 3.59. The fourth-order valence-corrected chi connectivity index (χ4v) is 5.31. The molecule has 1 aromatic carbocycles. The molecule has 4 aromatic rings. The number of rotatable bonds is 5. The van der Waals surface area contributed by atoms with Gasteiger partial charge in [0.15, 0.2) is 0 Å². The molecule has 0 N–H and O–H groups in total. The highest BCUT2D eigenvalue weighted by molar-refractivity contribution is 5.89. The molecule has 2 saturated heterocycles. The second-order valence-corrected chi connectivity index (χ2v) is 9.49. The van der Waals surface area contributed by atoms with Gasteiger partial charge in [0, 0.05) is 72.9 Å². The Morgan fingerprint density at radius 2 is 1.86 bits per heavy atom. The van der Waals surface area contributed by atoms with Crippen molar-refractivity contribution in [2.75, 3.05) is 31.1 Å². The number of anilines is 1. The fraction of sp³-hybridized carbons (Fsp3) is 0.259. The van der Waals surface area contributed by atoms with Crippen LogP contribution in [0.25, 0.3) is 27.8 Å². The number of aromatic nitrogens is 4. The van der Waals surface area contributed by atoms with E-state index in [9.17, 15) is 10.1 Å². The molecule has 8 heteroatoms. The van der Waals surface area contributed by atoms with E-state index in [4.69, 9.17) is 0 Å². The molecule has 0 atom stereocenters. The lowest BCUT2D eigenvalue weighted by Crippen LogP contribution is -2.73. The Morgan fingerprint density at radius 3 is 2.51 bits per heavy atom. The van der Waals surface area contributed by atoms with Gasteiger partial charge >= 0.3 is 0 Å². The second kappa shape index (κ2) is 7.84. The topological polar surface area (TPSA) is 82.5 Å². The Balaban J connectivity index is 1.28. The van der Waals surface area contributed by atoms with Crippen molar-refractivity contribution >= 4 is 17.1 Å². The van der Waals surface area contributed by atoms with Crippen LogP contribution in [-0.2, 0) is 11.3 Å². The molecule has 3 aromatic heterocycles. The molecule has 2 aliphatic heterocycles. The van der Waals surface area contributed by atoms with Gasteiger partial charge in [-0.3, -0.25) is 9.48 Å². The van der Waals surface area contributed by atoms with Gasteiger partial charge in [0.05, 0.1) is 23.5 Å². The van der Waals surface area contributed by atoms with E-state index in [1.165, 1.54) is 11.8 Å². The molecule has 6 rings (SSSR count). The Hall–Kier alpha value is -4.38. The number of hydrogen-bond acceptors (Lipinski definition) is 5. The van der Waals surface area contributed by atoms with Crippen molar-refractivity contribution in [1.29, 1.82) is 5.26 Å². The molecule has 1 spiro atoms. The van der Waals surface area contributed by atoms with Crippen LogP contribution in [0.5, 0.6) is 0 Å². The van der Waals surface area contributed by atoms with Gasteiger partial charge < -0.3 is 9.80 Å². The van der Waals surface area contributed by atoms with Gasteiger partial charge in [-0.25, -0.2) is 4.52 Å². The van der Waals surface area contributed by atoms with Gasteiger partial charge in [-0.2, -0.15) is 15.5 Å². The predicted molar refractivity (Wildman–Crippen MR) is 134 cm³/mol. The number of aryl methyl sites for hydroxylation is 1. The van der Waals surface area contributed by atoms with E-state index in [0.717, 1.165) is 60.5 Å². The number of hydrogen-bond donors (Lipinski definition) is 0. The van der Waals surface area contributed by atoms with E-state index in [1.807, 2.05) is 28.2 Å². The first-order valence-electron chi connectivity index (χ1n) is 11.7. The van der Waals surface area contributed by atoms with Crippen molar-refractivity contribution < 1.29 is 4.79 Å². The second-order valence-electron chi connectivity index (χ2n) is 9.49. The monoisotopic (exact) mass is 463 g/mol. The third-order valence-corrected chi connectivity index (χ3v) is 7.16. The van der Waals surface area contributed by atoms with Crippen LogP contribution in [0.15, 0.2) is 67.8 Å². The zero-order chi connectivity index (χ0) is 24.2. The minimum Gasteiger partial charge on any atom is -0.370 e. The summed E-state index contributed by atoms with van der Waals surface area (Å²) in [6, 6.07) is 12.9. The first-order chi connectivity index (χ1) is 17.0. The highest BCUT2D eigenvalue weighted by atomic mass is 16.2. The van der Waals surface area contributed by atoms with Gasteiger partial charge in [0.2, 0.25) is 5.91 Å². The summed E-state index contributed by atoms with van der Waals surface area (Å²) < 4.78 is 3.68. The van der Waals surface area contributed by atoms with E-state index < -0.39 is 0 Å². The molecule has 8 nitrogen and oxygen atoms in total. The molecule has 35 heavy (non-hydrogen) atoms. The van der Waals surface area contributed by atoms with Crippen molar-refractivity contribution in [1.82, 2.24) is 24.3 Å². The molecule has 0 aliphatic carbocycles. The number of likely N-dealkylation sites (tertiary alicyclic amines) is 1. The molecule has 2 fully saturated rings. The number of fused-ring (bicyclic) bond motifs is 1. The third-order valence-electron chi connectivity index (χ3n) is 7.16. The van der Waals surface area contributed by atoms with Gasteiger partial charge in [-0.15, -0.1) is 0 Å². The molecule has 2 aliphatic rings. The summed E-state index contributed by atoms with van der Waals surface area (Å²) in [5.74, 6) is 0.0191. The van der Waals surface area contributed by atoms with Crippen LogP contribution in [0.2, 0.25) is 0 Å². The summed E-state index contributed by atoms with van der Waals surface area (Å²) in [6.45, 7) is 9.96. The maximum atomic E-state index is 11.8. The zero-order valence-electron chi connectivity index (χ0n) is 19.6. The first-order valence-corrected chi connectivity index (χ1v) is 11.7. The average Bonchev–Trinajstić information content (AvgIpc) is 3.49. The van der Waals surface area contributed by atoms with Crippen LogP contribution in [0.3, 0.4) is 0 Å². The molecule has 0 saturated carbocycles. The van der Waals surface area contributed by atoms with Gasteiger partial charge in [-0.1, -0.05) is 18.7 Å². The molecule has 1 amide bonds. The van der Waals surface area contributed by atoms with Crippen LogP contribution in [0.1, 0.15) is 12.5 Å². The van der Waals surface area contributed by atoms with Gasteiger partial charge in [0.1, 0.15) is 6.07 Å². The van der Waals surface area contributed by atoms with Crippen LogP contribution in [0, 0.1) is 16.7 Å². The summed E-state index contributed by atoms with van der Waals surface area (Å²) >= 11 is 0. The molecular weight excluding hydrogens is 438 g/mol. The number of pyridine rings is 1. The first kappa shape index (κ1) is 21.2. The summed E-state index contributed by atoms with van der Waals surface area (Å²) in [7, 11) is 0. The van der Waals surface area contributed by atoms with E-state index in [1.54, 1.807) is 10.7 Å². The SMILES string of the molecule is C=CC(=O)N1CC2(C1)CN(c1ccc(-c3cc(-c4cnn(CC)c4)cn4ncc(C#N)c34)cc1)C2. The van der Waals surface area contributed by atoms with Gasteiger partial charge in [-0.05, 0) is 36.8 Å². The van der Waals surface area contributed by atoms with E-state index >= 15 is 0 Å². The van der Waals surface area contributed by atoms with Crippen LogP contribution < -0.4 is 4.90 Å². The minimum atomic E-state index is 0.0191. The smallest absolute Gasteiger partial charge is 0.245 e. The number of carbonyl (C=O) groups is 1. The highest BCUT2D eigenvalue weighted by Crippen LogP contribution is 2.42. The third kappa shape index (κ3) is 3.39. The number of benzene rings is 1. The molecule has 0 unspecified atom stereocenters. The summed E-state index contributed by atoms with van der Waals surface area (Å²) in [6.07, 6.45) is 8.83. The van der Waals surface area contributed by atoms with E-state index in [-0.39, 0.29) is 11.3 Å². The molecule has 5 heterocycles. The summed E-state index contributed by atoms with van der Waals surface area (Å²) in [4.78, 5) is 16.0. The van der Waals surface area contributed by atoms with Crippen molar-refractivity contribution in [3.05, 3.63) is 73.3 Å². The summed E-state index contributed by atoms with van der Waals surface area (Å²) in [5, 5.41) is 18.5. The molecule has 174 valence electrons. The summed E-state index contributed by atoms with van der Waals surface area (Å²) in [5.41, 5.74) is 6.74.